The van der Waals surface area contributed by atoms with Crippen molar-refractivity contribution in [2.45, 2.75) is 83.8 Å². The predicted molar refractivity (Wildman–Crippen MR) is 123 cm³/mol. The molecular formula is C24H40N4O5. The van der Waals surface area contributed by atoms with Crippen LogP contribution in [0.3, 0.4) is 0 Å². The summed E-state index contributed by atoms with van der Waals surface area (Å²) in [6.07, 6.45) is 5.55. The molecule has 1 unspecified atom stereocenters. The summed E-state index contributed by atoms with van der Waals surface area (Å²) in [6.45, 7) is 9.00. The van der Waals surface area contributed by atoms with Crippen LogP contribution in [0.5, 0.6) is 0 Å². The Hall–Kier alpha value is -2.32. The molecule has 2 aliphatic heterocycles. The molecule has 9 nitrogen and oxygen atoms in total. The Morgan fingerprint density at radius 2 is 1.82 bits per heavy atom. The minimum absolute atomic E-state index is 0.124. The Bertz CT molecular complexity index is 769. The maximum Gasteiger partial charge on any atom is 0.410 e. The lowest BCUT2D eigenvalue weighted by Crippen LogP contribution is -2.51. The van der Waals surface area contributed by atoms with E-state index in [1.54, 1.807) is 16.8 Å². The molecule has 3 aliphatic rings. The van der Waals surface area contributed by atoms with Crippen LogP contribution in [-0.4, -0.2) is 83.0 Å². The Morgan fingerprint density at radius 3 is 2.42 bits per heavy atom. The van der Waals surface area contributed by atoms with Gasteiger partial charge in [-0.1, -0.05) is 13.3 Å². The number of carbonyl (C=O) groups excluding carboxylic acids is 4. The van der Waals surface area contributed by atoms with Crippen molar-refractivity contribution in [2.75, 3.05) is 33.2 Å². The van der Waals surface area contributed by atoms with Gasteiger partial charge in [0.15, 0.2) is 0 Å². The maximum atomic E-state index is 13.1. The molecule has 9 heteroatoms. The normalized spacial score (nSPS) is 28.2. The van der Waals surface area contributed by atoms with E-state index in [9.17, 15) is 19.2 Å². The van der Waals surface area contributed by atoms with E-state index in [-0.39, 0.29) is 30.4 Å². The molecule has 0 aromatic rings. The standard InChI is InChI=1S/C24H40N4O5/c1-6-17-9-11-24(12-10-17)20(30)28(21(31)25-24)16-19(29)27-13-7-8-18(15-27)14-26(5)22(32)33-23(2,3)4/h17-18H,6-16H2,1-5H3,(H,25,31). The third-order valence-electron chi connectivity index (χ3n) is 7.18. The number of rotatable bonds is 5. The molecule has 0 radical (unpaired) electrons. The van der Waals surface area contributed by atoms with E-state index in [1.165, 1.54) is 0 Å². The zero-order chi connectivity index (χ0) is 24.4. The Morgan fingerprint density at radius 1 is 1.15 bits per heavy atom. The minimum Gasteiger partial charge on any atom is -0.444 e. The highest BCUT2D eigenvalue weighted by Crippen LogP contribution is 2.37. The number of piperidine rings is 1. The molecule has 0 aromatic heterocycles. The number of nitrogens with one attached hydrogen (secondary N) is 1. The third kappa shape index (κ3) is 5.98. The fraction of sp³-hybridized carbons (Fsp3) is 0.833. The van der Waals surface area contributed by atoms with Crippen LogP contribution in [0.4, 0.5) is 9.59 Å². The van der Waals surface area contributed by atoms with Gasteiger partial charge < -0.3 is 19.9 Å². The van der Waals surface area contributed by atoms with Gasteiger partial charge in [0.1, 0.15) is 17.7 Å². The average Bonchev–Trinajstić information content (AvgIpc) is 2.97. The van der Waals surface area contributed by atoms with Crippen LogP contribution in [0.15, 0.2) is 0 Å². The molecule has 2 heterocycles. The molecule has 1 atom stereocenters. The van der Waals surface area contributed by atoms with Gasteiger partial charge in [-0.3, -0.25) is 14.5 Å². The topological polar surface area (TPSA) is 99.3 Å². The van der Waals surface area contributed by atoms with Crippen LogP contribution in [-0.2, 0) is 14.3 Å². The molecule has 1 aliphatic carbocycles. The zero-order valence-electron chi connectivity index (χ0n) is 20.8. The summed E-state index contributed by atoms with van der Waals surface area (Å²) < 4.78 is 5.41. The lowest BCUT2D eigenvalue weighted by molar-refractivity contribution is -0.140. The van der Waals surface area contributed by atoms with Crippen molar-refractivity contribution in [1.29, 1.82) is 0 Å². The first-order chi connectivity index (χ1) is 15.4. The number of amides is 5. The number of urea groups is 1. The molecule has 1 N–H and O–H groups in total. The minimum atomic E-state index is -0.830. The van der Waals surface area contributed by atoms with E-state index in [1.807, 2.05) is 20.8 Å². The fourth-order valence-electron chi connectivity index (χ4n) is 5.21. The number of hydrogen-bond acceptors (Lipinski definition) is 5. The molecule has 33 heavy (non-hydrogen) atoms. The predicted octanol–water partition coefficient (Wildman–Crippen LogP) is 2.98. The molecule has 2 saturated heterocycles. The number of hydrogen-bond donors (Lipinski definition) is 1. The van der Waals surface area contributed by atoms with Gasteiger partial charge in [-0.15, -0.1) is 0 Å². The van der Waals surface area contributed by atoms with Gasteiger partial charge in [0.05, 0.1) is 0 Å². The van der Waals surface area contributed by atoms with Crippen LogP contribution in [0.1, 0.15) is 72.6 Å². The van der Waals surface area contributed by atoms with Gasteiger partial charge in [0.25, 0.3) is 5.91 Å². The molecule has 3 rings (SSSR count). The molecule has 0 bridgehead atoms. The third-order valence-corrected chi connectivity index (χ3v) is 7.18. The Labute approximate surface area is 197 Å². The van der Waals surface area contributed by atoms with E-state index >= 15 is 0 Å². The fourth-order valence-corrected chi connectivity index (χ4v) is 5.21. The summed E-state index contributed by atoms with van der Waals surface area (Å²) in [5.41, 5.74) is -1.39. The largest absolute Gasteiger partial charge is 0.444 e. The highest BCUT2D eigenvalue weighted by molar-refractivity contribution is 6.09. The van der Waals surface area contributed by atoms with Gasteiger partial charge in [-0.2, -0.15) is 0 Å². The van der Waals surface area contributed by atoms with E-state index in [4.69, 9.17) is 4.74 Å². The highest BCUT2D eigenvalue weighted by Gasteiger charge is 2.52. The number of ether oxygens (including phenoxy) is 1. The second kappa shape index (κ2) is 9.89. The summed E-state index contributed by atoms with van der Waals surface area (Å²) in [5, 5.41) is 2.90. The lowest BCUT2D eigenvalue weighted by atomic mass is 9.75. The Balaban J connectivity index is 1.54. The van der Waals surface area contributed by atoms with Crippen molar-refractivity contribution < 1.29 is 23.9 Å². The molecule has 3 fully saturated rings. The van der Waals surface area contributed by atoms with Crippen molar-refractivity contribution in [3.8, 4) is 0 Å². The van der Waals surface area contributed by atoms with Crippen molar-refractivity contribution in [3.05, 3.63) is 0 Å². The summed E-state index contributed by atoms with van der Waals surface area (Å²) in [5.74, 6) is 0.245. The quantitative estimate of drug-likeness (QED) is 0.631. The van der Waals surface area contributed by atoms with Gasteiger partial charge in [0, 0.05) is 26.7 Å². The molecule has 5 amide bonds. The second-order valence-corrected chi connectivity index (χ2v) is 11.0. The van der Waals surface area contributed by atoms with Gasteiger partial charge in [0.2, 0.25) is 5.91 Å². The first-order valence-electron chi connectivity index (χ1n) is 12.3. The molecule has 0 aromatic carbocycles. The van der Waals surface area contributed by atoms with Crippen molar-refractivity contribution in [1.82, 2.24) is 20.0 Å². The maximum absolute atomic E-state index is 13.1. The van der Waals surface area contributed by atoms with E-state index in [2.05, 4.69) is 12.2 Å². The lowest BCUT2D eigenvalue weighted by Gasteiger charge is -2.36. The van der Waals surface area contributed by atoms with Crippen molar-refractivity contribution >= 4 is 23.9 Å². The average molecular weight is 465 g/mol. The SMILES string of the molecule is CCC1CCC2(CC1)NC(=O)N(CC(=O)N1CCCC(CN(C)C(=O)OC(C)(C)C)C1)C2=O. The second-order valence-electron chi connectivity index (χ2n) is 11.0. The zero-order valence-corrected chi connectivity index (χ0v) is 20.8. The van der Waals surface area contributed by atoms with Crippen molar-refractivity contribution in [3.63, 3.8) is 0 Å². The first kappa shape index (κ1) is 25.3. The number of carbonyl (C=O) groups is 4. The van der Waals surface area contributed by atoms with Gasteiger partial charge in [-0.25, -0.2) is 9.59 Å². The monoisotopic (exact) mass is 464 g/mol. The first-order valence-corrected chi connectivity index (χ1v) is 12.3. The van der Waals surface area contributed by atoms with Gasteiger partial charge in [-0.05, 0) is 71.1 Å². The highest BCUT2D eigenvalue weighted by atomic mass is 16.6. The number of imide groups is 1. The summed E-state index contributed by atoms with van der Waals surface area (Å²) >= 11 is 0. The number of likely N-dealkylation sites (tertiary alicyclic amines) is 1. The molecule has 1 spiro atoms. The van der Waals surface area contributed by atoms with Crippen LogP contribution in [0.2, 0.25) is 0 Å². The summed E-state index contributed by atoms with van der Waals surface area (Å²) in [4.78, 5) is 55.4. The number of nitrogens with zero attached hydrogens (tertiary/aromatic N) is 3. The summed E-state index contributed by atoms with van der Waals surface area (Å²) in [7, 11) is 1.70. The molecule has 186 valence electrons. The Kier molecular flexibility index (Phi) is 7.59. The van der Waals surface area contributed by atoms with Crippen LogP contribution >= 0.6 is 0 Å². The molecule has 1 saturated carbocycles. The van der Waals surface area contributed by atoms with E-state index in [0.29, 0.717) is 38.4 Å². The van der Waals surface area contributed by atoms with Crippen molar-refractivity contribution in [2.24, 2.45) is 11.8 Å². The van der Waals surface area contributed by atoms with Gasteiger partial charge >= 0.3 is 12.1 Å². The van der Waals surface area contributed by atoms with E-state index in [0.717, 1.165) is 37.0 Å². The van der Waals surface area contributed by atoms with Crippen LogP contribution in [0.25, 0.3) is 0 Å². The van der Waals surface area contributed by atoms with Crippen LogP contribution in [0, 0.1) is 11.8 Å². The van der Waals surface area contributed by atoms with Crippen LogP contribution < -0.4 is 5.32 Å². The summed E-state index contributed by atoms with van der Waals surface area (Å²) in [6, 6.07) is -0.457. The molecular weight excluding hydrogens is 424 g/mol. The smallest absolute Gasteiger partial charge is 0.410 e. The van der Waals surface area contributed by atoms with E-state index < -0.39 is 17.2 Å².